The first kappa shape index (κ1) is 27.1. The monoisotopic (exact) mass is 576 g/mol. The molecule has 0 radical (unpaired) electrons. The molecule has 0 unspecified atom stereocenters. The number of fused-ring (bicyclic) bond motifs is 1. The van der Waals surface area contributed by atoms with Crippen LogP contribution in [0.25, 0.3) is 5.57 Å². The fraction of sp³-hybridized carbons (Fsp3) is 0.308. The van der Waals surface area contributed by atoms with Gasteiger partial charge in [-0.05, 0) is 40.6 Å². The van der Waals surface area contributed by atoms with Gasteiger partial charge in [-0.25, -0.2) is 0 Å². The van der Waals surface area contributed by atoms with Crippen molar-refractivity contribution in [2.24, 2.45) is 10.2 Å². The summed E-state index contributed by atoms with van der Waals surface area (Å²) in [4.78, 5) is 20.5. The zero-order valence-electron chi connectivity index (χ0n) is 20.8. The molecule has 13 heteroatoms. The van der Waals surface area contributed by atoms with E-state index in [0.29, 0.717) is 58.9 Å². The highest BCUT2D eigenvalue weighted by Crippen LogP contribution is 2.39. The lowest BCUT2D eigenvalue weighted by molar-refractivity contribution is -0.138. The number of aromatic nitrogens is 1. The van der Waals surface area contributed by atoms with E-state index in [9.17, 15) is 23.1 Å². The minimum Gasteiger partial charge on any atom is -0.492 e. The second kappa shape index (κ2) is 10.9. The molecule has 1 amide bonds. The van der Waals surface area contributed by atoms with Crippen molar-refractivity contribution in [3.05, 3.63) is 73.6 Å². The Morgan fingerprint density at radius 1 is 1.15 bits per heavy atom. The summed E-state index contributed by atoms with van der Waals surface area (Å²) in [7, 11) is 1.59. The largest absolute Gasteiger partial charge is 0.492 e. The number of likely N-dealkylation sites (N-methyl/N-ethyl adjacent to an activating group) is 1. The van der Waals surface area contributed by atoms with Crippen LogP contribution in [0.5, 0.6) is 5.88 Å². The predicted octanol–water partition coefficient (Wildman–Crippen LogP) is 2.80. The zero-order valence-corrected chi connectivity index (χ0v) is 22.4. The van der Waals surface area contributed by atoms with E-state index in [2.05, 4.69) is 20.5 Å². The average Bonchev–Trinajstić information content (AvgIpc) is 3.54. The fourth-order valence-electron chi connectivity index (χ4n) is 4.57. The Kier molecular flexibility index (Phi) is 7.61. The van der Waals surface area contributed by atoms with Crippen molar-refractivity contribution in [2.75, 3.05) is 44.7 Å². The number of amides is 1. The number of benzene rings is 2. The molecular weight excluding hydrogens is 553 g/mol. The summed E-state index contributed by atoms with van der Waals surface area (Å²) in [5.74, 6) is -0.316. The van der Waals surface area contributed by atoms with Crippen LogP contribution in [0.2, 0.25) is 5.02 Å². The van der Waals surface area contributed by atoms with Gasteiger partial charge in [0.05, 0.1) is 28.6 Å². The van der Waals surface area contributed by atoms with Crippen molar-refractivity contribution in [2.45, 2.75) is 12.6 Å². The molecule has 0 saturated carbocycles. The third-order valence-corrected chi connectivity index (χ3v) is 8.04. The molecule has 2 N–H and O–H groups in total. The van der Waals surface area contributed by atoms with E-state index in [1.54, 1.807) is 31.5 Å². The van der Waals surface area contributed by atoms with Gasteiger partial charge in [-0.1, -0.05) is 35.1 Å². The number of alkyl halides is 3. The number of rotatable bonds is 6. The molecule has 204 valence electrons. The summed E-state index contributed by atoms with van der Waals surface area (Å²) in [5.41, 5.74) is 0.415. The number of nitrogens with zero attached hydrogens (tertiary/aromatic N) is 5. The average molecular weight is 577 g/mol. The molecule has 8 nitrogen and oxygen atoms in total. The fourth-order valence-corrected chi connectivity index (χ4v) is 5.82. The maximum absolute atomic E-state index is 13.9. The van der Waals surface area contributed by atoms with Crippen LogP contribution in [0.4, 0.5) is 18.3 Å². The van der Waals surface area contributed by atoms with Crippen LogP contribution in [-0.2, 0) is 17.4 Å². The van der Waals surface area contributed by atoms with Crippen molar-refractivity contribution < 1.29 is 23.1 Å². The molecule has 1 fully saturated rings. The van der Waals surface area contributed by atoms with E-state index in [1.807, 2.05) is 9.80 Å². The number of thiazole rings is 1. The molecule has 0 bridgehead atoms. The molecule has 3 heterocycles. The summed E-state index contributed by atoms with van der Waals surface area (Å²) >= 11 is 7.13. The van der Waals surface area contributed by atoms with Crippen LogP contribution in [0.15, 0.2) is 46.6 Å². The second-order valence-corrected chi connectivity index (χ2v) is 10.6. The Balaban J connectivity index is 1.53. The van der Waals surface area contributed by atoms with E-state index < -0.39 is 11.7 Å². The Morgan fingerprint density at radius 2 is 1.92 bits per heavy atom. The van der Waals surface area contributed by atoms with E-state index in [0.717, 1.165) is 11.6 Å². The molecule has 2 aliphatic heterocycles. The van der Waals surface area contributed by atoms with Gasteiger partial charge in [-0.3, -0.25) is 9.69 Å². The number of carbonyl (C=O) groups is 1. The van der Waals surface area contributed by atoms with Gasteiger partial charge in [0.2, 0.25) is 11.8 Å². The van der Waals surface area contributed by atoms with Gasteiger partial charge in [0.1, 0.15) is 0 Å². The third-order valence-electron chi connectivity index (χ3n) is 6.64. The molecule has 5 rings (SSSR count). The second-order valence-electron chi connectivity index (χ2n) is 9.16. The van der Waals surface area contributed by atoms with Gasteiger partial charge in [-0.2, -0.15) is 28.4 Å². The van der Waals surface area contributed by atoms with Crippen LogP contribution in [-0.4, -0.2) is 66.9 Å². The van der Waals surface area contributed by atoms with Crippen LogP contribution in [0, 0.1) is 0 Å². The lowest BCUT2D eigenvalue weighted by Gasteiger charge is -2.33. The Labute approximate surface area is 230 Å². The molecule has 0 aliphatic carbocycles. The topological polar surface area (TPSA) is 93.4 Å². The van der Waals surface area contributed by atoms with Crippen molar-refractivity contribution in [1.29, 1.82) is 0 Å². The van der Waals surface area contributed by atoms with Crippen molar-refractivity contribution in [1.82, 2.24) is 15.2 Å². The molecule has 2 aromatic carbocycles. The summed E-state index contributed by atoms with van der Waals surface area (Å²) in [6.45, 7) is 2.74. The van der Waals surface area contributed by atoms with Gasteiger partial charge >= 0.3 is 6.18 Å². The first-order valence-electron chi connectivity index (χ1n) is 12.1. The first-order chi connectivity index (χ1) is 18.6. The predicted molar refractivity (Wildman–Crippen MR) is 144 cm³/mol. The summed E-state index contributed by atoms with van der Waals surface area (Å²) < 4.78 is 41.8. The SMILES string of the molecule is CNC(=O)CN1CCN(c2nc(O)c(C(Cc3ccc(Cl)cc3C(F)(F)F)=c3ccc4c(c3)C=NN=4)s2)CC1. The van der Waals surface area contributed by atoms with Crippen LogP contribution >= 0.6 is 22.9 Å². The Morgan fingerprint density at radius 3 is 2.64 bits per heavy atom. The smallest absolute Gasteiger partial charge is 0.416 e. The van der Waals surface area contributed by atoms with Crippen LogP contribution in [0.3, 0.4) is 0 Å². The summed E-state index contributed by atoms with van der Waals surface area (Å²) in [5, 5.41) is 23.3. The summed E-state index contributed by atoms with van der Waals surface area (Å²) in [6.07, 6.45) is -3.14. The van der Waals surface area contributed by atoms with Crippen LogP contribution < -0.4 is 20.8 Å². The van der Waals surface area contributed by atoms with Crippen molar-refractivity contribution in [3.8, 4) is 5.88 Å². The molecule has 1 saturated heterocycles. The molecule has 0 atom stereocenters. The van der Waals surface area contributed by atoms with Gasteiger partial charge in [0, 0.05) is 50.2 Å². The van der Waals surface area contributed by atoms with Crippen LogP contribution in [0.1, 0.15) is 21.6 Å². The molecule has 2 aliphatic rings. The van der Waals surface area contributed by atoms with E-state index in [1.165, 1.54) is 23.5 Å². The maximum atomic E-state index is 13.9. The van der Waals surface area contributed by atoms with Gasteiger partial charge in [0.25, 0.3) is 0 Å². The number of anilines is 1. The van der Waals surface area contributed by atoms with E-state index >= 15 is 0 Å². The molecule has 1 aromatic heterocycles. The number of carbonyl (C=O) groups excluding carboxylic acids is 1. The number of piperazine rings is 1. The minimum absolute atomic E-state index is 0.0125. The Hall–Kier alpha value is -3.48. The van der Waals surface area contributed by atoms with E-state index in [4.69, 9.17) is 11.6 Å². The van der Waals surface area contributed by atoms with Gasteiger partial charge < -0.3 is 15.3 Å². The lowest BCUT2D eigenvalue weighted by Crippen LogP contribution is -2.49. The summed E-state index contributed by atoms with van der Waals surface area (Å²) in [6, 6.07) is 9.00. The molecular formula is C26H24ClF3N6O2S. The van der Waals surface area contributed by atoms with E-state index in [-0.39, 0.29) is 28.8 Å². The molecule has 0 spiro atoms. The highest BCUT2D eigenvalue weighted by atomic mass is 35.5. The van der Waals surface area contributed by atoms with Crippen molar-refractivity contribution in [3.63, 3.8) is 0 Å². The number of hydrogen-bond acceptors (Lipinski definition) is 8. The highest BCUT2D eigenvalue weighted by molar-refractivity contribution is 7.17. The maximum Gasteiger partial charge on any atom is 0.416 e. The number of aromatic hydroxyl groups is 1. The highest BCUT2D eigenvalue weighted by Gasteiger charge is 2.34. The normalized spacial score (nSPS) is 16.2. The third kappa shape index (κ3) is 5.92. The standard InChI is InChI=1S/C26H24ClF3N6O2S/c1-31-22(37)14-35-6-8-36(9-7-35)25-33-24(38)23(39-25)19(15-3-5-21-17(10-15)13-32-34-21)11-16-2-4-18(27)12-20(16)26(28,29)30/h2-5,10,12-13,38H,6-9,11,14H2,1H3,(H,31,37). The Bertz CT molecular complexity index is 1560. The first-order valence-corrected chi connectivity index (χ1v) is 13.3. The van der Waals surface area contributed by atoms with Crippen molar-refractivity contribution >= 4 is 45.8 Å². The van der Waals surface area contributed by atoms with Gasteiger partial charge in [-0.15, -0.1) is 0 Å². The number of halogens is 4. The molecule has 3 aromatic rings. The number of nitrogens with one attached hydrogen (secondary N) is 1. The van der Waals surface area contributed by atoms with Gasteiger partial charge in [0.15, 0.2) is 5.13 Å². The lowest BCUT2D eigenvalue weighted by atomic mass is 9.96. The quantitative estimate of drug-likeness (QED) is 0.471. The number of hydrogen-bond donors (Lipinski definition) is 2. The molecule has 39 heavy (non-hydrogen) atoms. The zero-order chi connectivity index (χ0) is 27.7. The minimum atomic E-state index is -4.61.